The molecule has 124 valence electrons. The Morgan fingerprint density at radius 2 is 2.00 bits per heavy atom. The van der Waals surface area contributed by atoms with E-state index in [1.807, 2.05) is 25.1 Å². The lowest BCUT2D eigenvalue weighted by molar-refractivity contribution is 0.397. The van der Waals surface area contributed by atoms with E-state index in [1.165, 1.54) is 0 Å². The Morgan fingerprint density at radius 3 is 2.83 bits per heavy atom. The molecule has 0 saturated carbocycles. The number of rotatable bonds is 3. The molecular formula is C17H17N3O2S2. The Hall–Kier alpha value is -1.83. The molecule has 1 aromatic heterocycles. The van der Waals surface area contributed by atoms with Gasteiger partial charge < -0.3 is 0 Å². The molecule has 7 heteroatoms. The van der Waals surface area contributed by atoms with Crippen LogP contribution in [0.2, 0.25) is 0 Å². The summed E-state index contributed by atoms with van der Waals surface area (Å²) in [5, 5.41) is 0. The second-order valence-corrected chi connectivity index (χ2v) is 8.46. The summed E-state index contributed by atoms with van der Waals surface area (Å²) in [5.41, 5.74) is 3.30. The molecule has 2 heterocycles. The molecule has 1 aliphatic heterocycles. The van der Waals surface area contributed by atoms with E-state index >= 15 is 0 Å². The Morgan fingerprint density at radius 1 is 1.17 bits per heavy atom. The van der Waals surface area contributed by atoms with Crippen LogP contribution in [-0.4, -0.2) is 28.0 Å². The topological polar surface area (TPSA) is 63.2 Å². The molecule has 3 aromatic rings. The fourth-order valence-electron chi connectivity index (χ4n) is 3.35. The van der Waals surface area contributed by atoms with Gasteiger partial charge in [-0.3, -0.25) is 0 Å². The van der Waals surface area contributed by atoms with Gasteiger partial charge in [-0.15, -0.1) is 0 Å². The van der Waals surface area contributed by atoms with Crippen LogP contribution in [-0.2, 0) is 10.0 Å². The minimum absolute atomic E-state index is 0.114. The van der Waals surface area contributed by atoms with Crippen molar-refractivity contribution in [2.75, 3.05) is 6.54 Å². The Bertz CT molecular complexity index is 998. The van der Waals surface area contributed by atoms with Gasteiger partial charge in [0.25, 0.3) is 0 Å². The zero-order valence-corrected chi connectivity index (χ0v) is 14.8. The van der Waals surface area contributed by atoms with Crippen LogP contribution in [0.1, 0.15) is 30.0 Å². The lowest BCUT2D eigenvalue weighted by Crippen LogP contribution is -2.30. The second-order valence-electron chi connectivity index (χ2n) is 6.08. The number of hydrogen-bond donors (Lipinski definition) is 0. The fourth-order valence-corrected chi connectivity index (χ4v) is 5.79. The van der Waals surface area contributed by atoms with Crippen molar-refractivity contribution in [1.82, 2.24) is 13.1 Å². The summed E-state index contributed by atoms with van der Waals surface area (Å²) >= 11 is 1.04. The number of sulfonamides is 1. The lowest BCUT2D eigenvalue weighted by Gasteiger charge is -2.24. The highest BCUT2D eigenvalue weighted by molar-refractivity contribution is 7.89. The minimum atomic E-state index is -3.61. The van der Waals surface area contributed by atoms with Gasteiger partial charge in [-0.2, -0.15) is 13.1 Å². The Balaban J connectivity index is 1.80. The number of benzene rings is 2. The summed E-state index contributed by atoms with van der Waals surface area (Å²) in [4.78, 5) is 0.258. The van der Waals surface area contributed by atoms with Crippen molar-refractivity contribution in [3.63, 3.8) is 0 Å². The largest absolute Gasteiger partial charge is 0.245 e. The van der Waals surface area contributed by atoms with E-state index in [0.717, 1.165) is 35.7 Å². The highest BCUT2D eigenvalue weighted by Crippen LogP contribution is 2.38. The standard InChI is InChI=1S/C17H17N3O2S2/c1-12-5-2-6-13(11-12)15-8-4-10-20(15)24(21,22)16-9-3-7-14-17(16)19-23-18-14/h2-3,5-7,9,11,15H,4,8,10H2,1H3. The van der Waals surface area contributed by atoms with Crippen LogP contribution < -0.4 is 0 Å². The number of aryl methyl sites for hydroxylation is 1. The summed E-state index contributed by atoms with van der Waals surface area (Å²) in [6.45, 7) is 2.56. The molecule has 1 fully saturated rings. The predicted octanol–water partition coefficient (Wildman–Crippen LogP) is 3.53. The van der Waals surface area contributed by atoms with Gasteiger partial charge in [0.05, 0.1) is 17.8 Å². The van der Waals surface area contributed by atoms with Gasteiger partial charge in [0.1, 0.15) is 15.9 Å². The molecule has 4 rings (SSSR count). The third-order valence-electron chi connectivity index (χ3n) is 4.47. The third kappa shape index (κ3) is 2.53. The maximum absolute atomic E-state index is 13.3. The SMILES string of the molecule is Cc1cccc(C2CCCN2S(=O)(=O)c2cccc3nsnc23)c1. The van der Waals surface area contributed by atoms with Crippen LogP contribution in [0.5, 0.6) is 0 Å². The number of hydrogen-bond acceptors (Lipinski definition) is 5. The minimum Gasteiger partial charge on any atom is -0.207 e. The smallest absolute Gasteiger partial charge is 0.207 e. The fraction of sp³-hybridized carbons (Fsp3) is 0.294. The molecular weight excluding hydrogens is 342 g/mol. The van der Waals surface area contributed by atoms with Crippen molar-refractivity contribution < 1.29 is 8.42 Å². The van der Waals surface area contributed by atoms with E-state index in [-0.39, 0.29) is 10.9 Å². The molecule has 24 heavy (non-hydrogen) atoms. The van der Waals surface area contributed by atoms with Gasteiger partial charge >= 0.3 is 0 Å². The van der Waals surface area contributed by atoms with E-state index in [9.17, 15) is 8.42 Å². The van der Waals surface area contributed by atoms with E-state index in [4.69, 9.17) is 0 Å². The molecule has 0 radical (unpaired) electrons. The van der Waals surface area contributed by atoms with E-state index in [0.29, 0.717) is 17.6 Å². The van der Waals surface area contributed by atoms with Crippen LogP contribution in [0.4, 0.5) is 0 Å². The molecule has 5 nitrogen and oxygen atoms in total. The molecule has 1 unspecified atom stereocenters. The van der Waals surface area contributed by atoms with Crippen LogP contribution in [0.3, 0.4) is 0 Å². The van der Waals surface area contributed by atoms with Gasteiger partial charge in [0, 0.05) is 6.54 Å². The first kappa shape index (κ1) is 15.7. The highest BCUT2D eigenvalue weighted by Gasteiger charge is 2.37. The van der Waals surface area contributed by atoms with Crippen molar-refractivity contribution >= 4 is 32.8 Å². The summed E-state index contributed by atoms with van der Waals surface area (Å²) in [6.07, 6.45) is 1.71. The van der Waals surface area contributed by atoms with E-state index in [1.54, 1.807) is 22.5 Å². The molecule has 0 N–H and O–H groups in total. The van der Waals surface area contributed by atoms with Crippen LogP contribution in [0, 0.1) is 6.92 Å². The zero-order chi connectivity index (χ0) is 16.7. The molecule has 1 atom stereocenters. The molecule has 1 aliphatic rings. The molecule has 0 amide bonds. The average Bonchev–Trinajstić information content (AvgIpc) is 3.23. The van der Waals surface area contributed by atoms with Crippen molar-refractivity contribution in [3.8, 4) is 0 Å². The number of fused-ring (bicyclic) bond motifs is 1. The van der Waals surface area contributed by atoms with Crippen molar-refractivity contribution in [1.29, 1.82) is 0 Å². The third-order valence-corrected chi connectivity index (χ3v) is 6.95. The van der Waals surface area contributed by atoms with Gasteiger partial charge in [-0.1, -0.05) is 35.9 Å². The highest BCUT2D eigenvalue weighted by atomic mass is 32.2. The van der Waals surface area contributed by atoms with Gasteiger partial charge in [-0.05, 0) is 37.5 Å². The molecule has 1 saturated heterocycles. The van der Waals surface area contributed by atoms with E-state index in [2.05, 4.69) is 14.8 Å². The first-order valence-electron chi connectivity index (χ1n) is 7.87. The Labute approximate surface area is 145 Å². The summed E-state index contributed by atoms with van der Waals surface area (Å²) < 4.78 is 36.5. The summed E-state index contributed by atoms with van der Waals surface area (Å²) in [7, 11) is -3.61. The molecule has 0 bridgehead atoms. The second kappa shape index (κ2) is 5.91. The number of nitrogens with zero attached hydrogens (tertiary/aromatic N) is 3. The molecule has 0 spiro atoms. The summed E-state index contributed by atoms with van der Waals surface area (Å²) in [5.74, 6) is 0. The first-order chi connectivity index (χ1) is 11.6. The summed E-state index contributed by atoms with van der Waals surface area (Å²) in [6, 6.07) is 13.1. The quantitative estimate of drug-likeness (QED) is 0.718. The molecule has 0 aliphatic carbocycles. The van der Waals surface area contributed by atoms with Gasteiger partial charge in [0.15, 0.2) is 0 Å². The maximum Gasteiger partial charge on any atom is 0.245 e. The van der Waals surface area contributed by atoms with Crippen molar-refractivity contribution in [2.45, 2.75) is 30.7 Å². The first-order valence-corrected chi connectivity index (χ1v) is 10.0. The number of aromatic nitrogens is 2. The maximum atomic E-state index is 13.3. The van der Waals surface area contributed by atoms with E-state index < -0.39 is 10.0 Å². The van der Waals surface area contributed by atoms with Crippen LogP contribution in [0.15, 0.2) is 47.4 Å². The van der Waals surface area contributed by atoms with Crippen LogP contribution in [0.25, 0.3) is 11.0 Å². The van der Waals surface area contributed by atoms with Crippen molar-refractivity contribution in [2.24, 2.45) is 0 Å². The Kier molecular flexibility index (Phi) is 3.86. The zero-order valence-electron chi connectivity index (χ0n) is 13.2. The normalized spacial score (nSPS) is 19.1. The van der Waals surface area contributed by atoms with Crippen LogP contribution >= 0.6 is 11.7 Å². The average molecular weight is 359 g/mol. The molecule has 2 aromatic carbocycles. The van der Waals surface area contributed by atoms with Gasteiger partial charge in [-0.25, -0.2) is 8.42 Å². The predicted molar refractivity (Wildman–Crippen MR) is 94.5 cm³/mol. The van der Waals surface area contributed by atoms with Gasteiger partial charge in [0.2, 0.25) is 10.0 Å². The monoisotopic (exact) mass is 359 g/mol. The van der Waals surface area contributed by atoms with Crippen molar-refractivity contribution in [3.05, 3.63) is 53.6 Å². The lowest BCUT2D eigenvalue weighted by atomic mass is 10.0.